The molecule has 0 amide bonds. The van der Waals surface area contributed by atoms with E-state index >= 15 is 0 Å². The maximum atomic E-state index is 10.3. The quantitative estimate of drug-likeness (QED) is 0.707. The molecule has 1 unspecified atom stereocenters. The number of carbonyl (C=O) groups is 1. The van der Waals surface area contributed by atoms with Crippen LogP contribution in [0.15, 0.2) is 12.4 Å². The van der Waals surface area contributed by atoms with Crippen LogP contribution in [-0.2, 0) is 11.3 Å². The number of nitrogens with zero attached hydrogens (tertiary/aromatic N) is 2. The fourth-order valence-electron chi connectivity index (χ4n) is 1.13. The van der Waals surface area contributed by atoms with E-state index in [9.17, 15) is 4.79 Å². The molecule has 5 nitrogen and oxygen atoms in total. The third-order valence-corrected chi connectivity index (χ3v) is 1.72. The van der Waals surface area contributed by atoms with Crippen molar-refractivity contribution in [3.8, 4) is 0 Å². The summed E-state index contributed by atoms with van der Waals surface area (Å²) in [5.74, 6) is -0.0921. The van der Waals surface area contributed by atoms with Crippen molar-refractivity contribution in [1.29, 1.82) is 0 Å². The number of imidazole rings is 1. The SMILES string of the molecule is CC(N)c1nccn1CCC(=O)O. The molecule has 72 valence electrons. The van der Waals surface area contributed by atoms with Crippen LogP contribution in [0.3, 0.4) is 0 Å². The Bertz CT molecular complexity index is 293. The van der Waals surface area contributed by atoms with E-state index in [4.69, 9.17) is 10.8 Å². The van der Waals surface area contributed by atoms with Crippen molar-refractivity contribution in [2.45, 2.75) is 25.9 Å². The van der Waals surface area contributed by atoms with E-state index in [0.29, 0.717) is 6.54 Å². The second kappa shape index (κ2) is 4.04. The minimum Gasteiger partial charge on any atom is -0.481 e. The lowest BCUT2D eigenvalue weighted by atomic mass is 10.3. The minimum absolute atomic E-state index is 0.0933. The Morgan fingerprint density at radius 1 is 1.85 bits per heavy atom. The highest BCUT2D eigenvalue weighted by atomic mass is 16.4. The first kappa shape index (κ1) is 9.73. The molecule has 0 bridgehead atoms. The van der Waals surface area contributed by atoms with Gasteiger partial charge in [-0.25, -0.2) is 4.98 Å². The average molecular weight is 183 g/mol. The molecule has 0 spiro atoms. The molecule has 13 heavy (non-hydrogen) atoms. The van der Waals surface area contributed by atoms with E-state index in [-0.39, 0.29) is 12.5 Å². The third kappa shape index (κ3) is 2.55. The van der Waals surface area contributed by atoms with Crippen LogP contribution in [-0.4, -0.2) is 20.6 Å². The molecule has 0 fully saturated rings. The smallest absolute Gasteiger partial charge is 0.305 e. The molecule has 1 heterocycles. The molecule has 0 aliphatic heterocycles. The first-order valence-electron chi connectivity index (χ1n) is 4.09. The van der Waals surface area contributed by atoms with Crippen LogP contribution in [0.5, 0.6) is 0 Å². The van der Waals surface area contributed by atoms with Gasteiger partial charge in [0, 0.05) is 18.9 Å². The second-order valence-corrected chi connectivity index (χ2v) is 2.91. The van der Waals surface area contributed by atoms with Crippen LogP contribution in [0.1, 0.15) is 25.2 Å². The summed E-state index contributed by atoms with van der Waals surface area (Å²) in [5, 5.41) is 8.48. The van der Waals surface area contributed by atoms with Gasteiger partial charge in [0.05, 0.1) is 12.5 Å². The summed E-state index contributed by atoms with van der Waals surface area (Å²) in [5.41, 5.74) is 5.63. The fourth-order valence-corrected chi connectivity index (χ4v) is 1.13. The Hall–Kier alpha value is -1.36. The van der Waals surface area contributed by atoms with Gasteiger partial charge in [-0.2, -0.15) is 0 Å². The van der Waals surface area contributed by atoms with Crippen LogP contribution in [0.25, 0.3) is 0 Å². The van der Waals surface area contributed by atoms with E-state index in [0.717, 1.165) is 5.82 Å². The lowest BCUT2D eigenvalue weighted by Crippen LogP contribution is -2.14. The van der Waals surface area contributed by atoms with Crippen LogP contribution >= 0.6 is 0 Å². The molecule has 3 N–H and O–H groups in total. The Kier molecular flexibility index (Phi) is 3.02. The van der Waals surface area contributed by atoms with E-state index in [1.165, 1.54) is 0 Å². The summed E-state index contributed by atoms with van der Waals surface area (Å²) in [4.78, 5) is 14.3. The molecular formula is C8H13N3O2. The van der Waals surface area contributed by atoms with Gasteiger partial charge >= 0.3 is 5.97 Å². The van der Waals surface area contributed by atoms with Crippen molar-refractivity contribution < 1.29 is 9.90 Å². The first-order chi connectivity index (χ1) is 6.11. The molecule has 0 saturated carbocycles. The van der Waals surface area contributed by atoms with Gasteiger partial charge in [-0.05, 0) is 6.92 Å². The van der Waals surface area contributed by atoms with Crippen LogP contribution < -0.4 is 5.73 Å². The van der Waals surface area contributed by atoms with Crippen LogP contribution in [0.2, 0.25) is 0 Å². The van der Waals surface area contributed by atoms with Gasteiger partial charge in [0.15, 0.2) is 0 Å². The summed E-state index contributed by atoms with van der Waals surface area (Å²) < 4.78 is 1.76. The summed E-state index contributed by atoms with van der Waals surface area (Å²) in [6, 6.07) is -0.163. The maximum absolute atomic E-state index is 10.3. The molecule has 1 atom stereocenters. The number of aliphatic carboxylic acids is 1. The summed E-state index contributed by atoms with van der Waals surface area (Å²) in [7, 11) is 0. The van der Waals surface area contributed by atoms with Gasteiger partial charge in [-0.1, -0.05) is 0 Å². The standard InChI is InChI=1S/C8H13N3O2/c1-6(9)8-10-3-5-11(8)4-2-7(12)13/h3,5-6H,2,4,9H2,1H3,(H,12,13). The van der Waals surface area contributed by atoms with Crippen LogP contribution in [0.4, 0.5) is 0 Å². The fraction of sp³-hybridized carbons (Fsp3) is 0.500. The summed E-state index contributed by atoms with van der Waals surface area (Å²) >= 11 is 0. The topological polar surface area (TPSA) is 81.1 Å². The number of nitrogens with two attached hydrogens (primary N) is 1. The second-order valence-electron chi connectivity index (χ2n) is 2.91. The lowest BCUT2D eigenvalue weighted by molar-refractivity contribution is -0.137. The van der Waals surface area contributed by atoms with Crippen molar-refractivity contribution >= 4 is 5.97 Å². The number of hydrogen-bond donors (Lipinski definition) is 2. The van der Waals surface area contributed by atoms with Crippen molar-refractivity contribution in [1.82, 2.24) is 9.55 Å². The summed E-state index contributed by atoms with van der Waals surface area (Å²) in [6.07, 6.45) is 3.46. The Labute approximate surface area is 76.2 Å². The largest absolute Gasteiger partial charge is 0.481 e. The summed E-state index contributed by atoms with van der Waals surface area (Å²) in [6.45, 7) is 2.24. The van der Waals surface area contributed by atoms with Crippen molar-refractivity contribution in [2.75, 3.05) is 0 Å². The van der Waals surface area contributed by atoms with E-state index in [2.05, 4.69) is 4.98 Å². The maximum Gasteiger partial charge on any atom is 0.305 e. The predicted octanol–water partition coefficient (Wildman–Crippen LogP) is 0.377. The third-order valence-electron chi connectivity index (χ3n) is 1.72. The monoisotopic (exact) mass is 183 g/mol. The number of hydrogen-bond acceptors (Lipinski definition) is 3. The Morgan fingerprint density at radius 3 is 3.08 bits per heavy atom. The molecule has 1 aromatic heterocycles. The Balaban J connectivity index is 2.65. The normalized spacial score (nSPS) is 12.8. The highest BCUT2D eigenvalue weighted by molar-refractivity contribution is 5.66. The number of carboxylic acids is 1. The highest BCUT2D eigenvalue weighted by Crippen LogP contribution is 2.07. The van der Waals surface area contributed by atoms with E-state index in [1.807, 2.05) is 6.92 Å². The highest BCUT2D eigenvalue weighted by Gasteiger charge is 2.07. The molecule has 1 aromatic rings. The number of rotatable bonds is 4. The van der Waals surface area contributed by atoms with Crippen molar-refractivity contribution in [3.05, 3.63) is 18.2 Å². The average Bonchev–Trinajstić information content (AvgIpc) is 2.47. The zero-order chi connectivity index (χ0) is 9.84. The first-order valence-corrected chi connectivity index (χ1v) is 4.09. The van der Waals surface area contributed by atoms with Gasteiger partial charge < -0.3 is 15.4 Å². The molecule has 0 saturated heterocycles. The van der Waals surface area contributed by atoms with Crippen molar-refractivity contribution in [3.63, 3.8) is 0 Å². The van der Waals surface area contributed by atoms with E-state index in [1.54, 1.807) is 17.0 Å². The Morgan fingerprint density at radius 2 is 2.54 bits per heavy atom. The number of aryl methyl sites for hydroxylation is 1. The number of aromatic nitrogens is 2. The van der Waals surface area contributed by atoms with Crippen LogP contribution in [0, 0.1) is 0 Å². The van der Waals surface area contributed by atoms with Gasteiger partial charge in [0.1, 0.15) is 5.82 Å². The molecule has 5 heteroatoms. The molecule has 0 aromatic carbocycles. The zero-order valence-corrected chi connectivity index (χ0v) is 7.47. The molecular weight excluding hydrogens is 170 g/mol. The molecule has 0 aliphatic rings. The zero-order valence-electron chi connectivity index (χ0n) is 7.47. The van der Waals surface area contributed by atoms with E-state index < -0.39 is 5.97 Å². The molecule has 0 aliphatic carbocycles. The van der Waals surface area contributed by atoms with Gasteiger partial charge in [-0.15, -0.1) is 0 Å². The lowest BCUT2D eigenvalue weighted by Gasteiger charge is -2.08. The van der Waals surface area contributed by atoms with Gasteiger partial charge in [-0.3, -0.25) is 4.79 Å². The van der Waals surface area contributed by atoms with Crippen molar-refractivity contribution in [2.24, 2.45) is 5.73 Å². The number of carboxylic acid groups (broad SMARTS) is 1. The molecule has 0 radical (unpaired) electrons. The molecule has 1 rings (SSSR count). The van der Waals surface area contributed by atoms with Gasteiger partial charge in [0.25, 0.3) is 0 Å². The minimum atomic E-state index is -0.815. The predicted molar refractivity (Wildman–Crippen MR) is 47.1 cm³/mol. The van der Waals surface area contributed by atoms with Gasteiger partial charge in [0.2, 0.25) is 0 Å².